The second kappa shape index (κ2) is 5.41. The lowest BCUT2D eigenvalue weighted by molar-refractivity contribution is -0.0508. The molecule has 0 aliphatic carbocycles. The second-order valence-electron chi connectivity index (χ2n) is 4.97. The van der Waals surface area contributed by atoms with Crippen molar-refractivity contribution in [3.63, 3.8) is 0 Å². The van der Waals surface area contributed by atoms with Crippen molar-refractivity contribution in [3.05, 3.63) is 28.4 Å². The Balaban J connectivity index is 2.18. The standard InChI is InChI=1S/C12H14N4O5S/c13-9(22)4-1-16(10-6(4)11(20)15-3-14-10)12-8(19)7(18)5(2-17)21-12/h1,3,5,7-8,12,17-19H,2H2,(H2,13,22)(H,14,15,20)/t5-,7+,8+,12+/m0/s1. The molecule has 2 aromatic heterocycles. The molecule has 1 saturated heterocycles. The van der Waals surface area contributed by atoms with Crippen LogP contribution in [0.5, 0.6) is 0 Å². The zero-order valence-corrected chi connectivity index (χ0v) is 12.0. The number of aliphatic hydroxyl groups excluding tert-OH is 3. The largest absolute Gasteiger partial charge is 0.394 e. The minimum absolute atomic E-state index is 0.00556. The zero-order valence-electron chi connectivity index (χ0n) is 11.2. The Morgan fingerprint density at radius 2 is 2.23 bits per heavy atom. The van der Waals surface area contributed by atoms with Crippen molar-refractivity contribution < 1.29 is 20.1 Å². The van der Waals surface area contributed by atoms with Gasteiger partial charge in [0.25, 0.3) is 5.56 Å². The van der Waals surface area contributed by atoms with E-state index in [1.807, 2.05) is 0 Å². The number of aliphatic hydroxyl groups is 3. The predicted octanol–water partition coefficient (Wildman–Crippen LogP) is -2.03. The molecule has 3 heterocycles. The van der Waals surface area contributed by atoms with E-state index in [0.29, 0.717) is 0 Å². The SMILES string of the molecule is NC(=S)c1cn([C@@H]2O[C@@H](CO)[C@@H](O)[C@H]2O)c2nc[nH]c(=O)c12. The fourth-order valence-electron chi connectivity index (χ4n) is 2.58. The highest BCUT2D eigenvalue weighted by Gasteiger charge is 2.44. The summed E-state index contributed by atoms with van der Waals surface area (Å²) < 4.78 is 6.82. The maximum absolute atomic E-state index is 12.0. The molecular weight excluding hydrogens is 312 g/mol. The maximum atomic E-state index is 12.0. The molecule has 22 heavy (non-hydrogen) atoms. The molecule has 1 fully saturated rings. The summed E-state index contributed by atoms with van der Waals surface area (Å²) in [4.78, 5) is 18.5. The van der Waals surface area contributed by atoms with E-state index in [-0.39, 0.29) is 21.6 Å². The molecule has 9 nitrogen and oxygen atoms in total. The molecule has 0 bridgehead atoms. The van der Waals surface area contributed by atoms with Gasteiger partial charge in [0, 0.05) is 11.8 Å². The first kappa shape index (κ1) is 15.1. The van der Waals surface area contributed by atoms with Crippen LogP contribution in [0.4, 0.5) is 0 Å². The number of aromatic nitrogens is 3. The van der Waals surface area contributed by atoms with E-state index >= 15 is 0 Å². The molecule has 4 atom stereocenters. The Morgan fingerprint density at radius 3 is 2.82 bits per heavy atom. The first-order valence-electron chi connectivity index (χ1n) is 6.46. The van der Waals surface area contributed by atoms with Crippen LogP contribution < -0.4 is 11.3 Å². The Hall–Kier alpha value is -1.85. The molecule has 0 radical (unpaired) electrons. The Kier molecular flexibility index (Phi) is 3.70. The molecule has 0 unspecified atom stereocenters. The third kappa shape index (κ3) is 2.12. The molecule has 3 rings (SSSR count). The van der Waals surface area contributed by atoms with Crippen molar-refractivity contribution in [2.45, 2.75) is 24.5 Å². The van der Waals surface area contributed by atoms with Crippen molar-refractivity contribution >= 4 is 28.2 Å². The van der Waals surface area contributed by atoms with Gasteiger partial charge in [-0.15, -0.1) is 0 Å². The average molecular weight is 326 g/mol. The number of nitrogens with two attached hydrogens (primary N) is 1. The van der Waals surface area contributed by atoms with Gasteiger partial charge < -0.3 is 35.3 Å². The van der Waals surface area contributed by atoms with E-state index in [2.05, 4.69) is 9.97 Å². The van der Waals surface area contributed by atoms with Crippen LogP contribution in [0.1, 0.15) is 11.8 Å². The van der Waals surface area contributed by atoms with Gasteiger partial charge in [0.2, 0.25) is 0 Å². The third-order valence-electron chi connectivity index (χ3n) is 3.67. The van der Waals surface area contributed by atoms with Gasteiger partial charge >= 0.3 is 0 Å². The highest BCUT2D eigenvalue weighted by molar-refractivity contribution is 7.80. The fraction of sp³-hybridized carbons (Fsp3) is 0.417. The molecule has 10 heteroatoms. The molecule has 0 amide bonds. The van der Waals surface area contributed by atoms with E-state index in [1.54, 1.807) is 0 Å². The molecule has 1 aliphatic heterocycles. The summed E-state index contributed by atoms with van der Waals surface area (Å²) in [6, 6.07) is 0. The Bertz CT molecular complexity index is 787. The van der Waals surface area contributed by atoms with E-state index in [4.69, 9.17) is 27.8 Å². The zero-order chi connectivity index (χ0) is 16.0. The number of ether oxygens (including phenoxy) is 1. The number of H-pyrrole nitrogens is 1. The Morgan fingerprint density at radius 1 is 1.50 bits per heavy atom. The van der Waals surface area contributed by atoms with Crippen molar-refractivity contribution in [2.24, 2.45) is 5.73 Å². The molecule has 6 N–H and O–H groups in total. The lowest BCUT2D eigenvalue weighted by Crippen LogP contribution is -2.33. The summed E-state index contributed by atoms with van der Waals surface area (Å²) in [6.07, 6.45) is -1.88. The summed E-state index contributed by atoms with van der Waals surface area (Å²) in [5.74, 6) is 0. The third-order valence-corrected chi connectivity index (χ3v) is 3.89. The lowest BCUT2D eigenvalue weighted by Gasteiger charge is -2.17. The first-order valence-corrected chi connectivity index (χ1v) is 6.87. The van der Waals surface area contributed by atoms with Gasteiger partial charge in [-0.1, -0.05) is 12.2 Å². The quantitative estimate of drug-likeness (QED) is 0.406. The number of nitrogens with zero attached hydrogens (tertiary/aromatic N) is 2. The average Bonchev–Trinajstić information content (AvgIpc) is 3.00. The van der Waals surface area contributed by atoms with Crippen LogP contribution in [-0.2, 0) is 4.74 Å². The minimum Gasteiger partial charge on any atom is -0.394 e. The van der Waals surface area contributed by atoms with Gasteiger partial charge in [0.1, 0.15) is 28.9 Å². The summed E-state index contributed by atoms with van der Waals surface area (Å²) in [6.45, 7) is -0.454. The van der Waals surface area contributed by atoms with Crippen LogP contribution in [0, 0.1) is 0 Å². The van der Waals surface area contributed by atoms with Crippen LogP contribution in [0.2, 0.25) is 0 Å². The van der Waals surface area contributed by atoms with Gasteiger partial charge in [0.05, 0.1) is 18.3 Å². The minimum atomic E-state index is -1.30. The number of thiocarbonyl (C=S) groups is 1. The highest BCUT2D eigenvalue weighted by Crippen LogP contribution is 2.32. The summed E-state index contributed by atoms with van der Waals surface area (Å²) in [5.41, 5.74) is 5.69. The van der Waals surface area contributed by atoms with Crippen molar-refractivity contribution in [2.75, 3.05) is 6.61 Å². The van der Waals surface area contributed by atoms with Crippen LogP contribution in [0.3, 0.4) is 0 Å². The molecule has 0 aromatic carbocycles. The topological polar surface area (TPSA) is 147 Å². The number of hydrogen-bond donors (Lipinski definition) is 5. The predicted molar refractivity (Wildman–Crippen MR) is 79.3 cm³/mol. The highest BCUT2D eigenvalue weighted by atomic mass is 32.1. The van der Waals surface area contributed by atoms with E-state index in [9.17, 15) is 15.0 Å². The second-order valence-corrected chi connectivity index (χ2v) is 5.41. The number of aromatic amines is 1. The first-order chi connectivity index (χ1) is 10.5. The van der Waals surface area contributed by atoms with Gasteiger partial charge in [-0.25, -0.2) is 4.98 Å². The summed E-state index contributed by atoms with van der Waals surface area (Å²) >= 11 is 4.93. The van der Waals surface area contributed by atoms with Crippen LogP contribution in [0.15, 0.2) is 17.3 Å². The molecule has 118 valence electrons. The van der Waals surface area contributed by atoms with Gasteiger partial charge in [-0.05, 0) is 0 Å². The molecule has 0 spiro atoms. The summed E-state index contributed by atoms with van der Waals surface area (Å²) in [5, 5.41) is 29.3. The lowest BCUT2D eigenvalue weighted by atomic mass is 10.1. The van der Waals surface area contributed by atoms with Gasteiger partial charge in [-0.2, -0.15) is 0 Å². The van der Waals surface area contributed by atoms with Gasteiger partial charge in [0.15, 0.2) is 6.23 Å². The van der Waals surface area contributed by atoms with Crippen LogP contribution in [-0.4, -0.2) is 59.8 Å². The molecule has 0 saturated carbocycles. The van der Waals surface area contributed by atoms with Gasteiger partial charge in [-0.3, -0.25) is 4.79 Å². The van der Waals surface area contributed by atoms with E-state index in [1.165, 1.54) is 17.1 Å². The van der Waals surface area contributed by atoms with Crippen molar-refractivity contribution in [3.8, 4) is 0 Å². The molecule has 1 aliphatic rings. The molecule has 2 aromatic rings. The summed E-state index contributed by atoms with van der Waals surface area (Å²) in [7, 11) is 0. The van der Waals surface area contributed by atoms with Crippen molar-refractivity contribution in [1.82, 2.24) is 14.5 Å². The van der Waals surface area contributed by atoms with Crippen LogP contribution in [0.25, 0.3) is 11.0 Å². The van der Waals surface area contributed by atoms with Crippen molar-refractivity contribution in [1.29, 1.82) is 0 Å². The number of hydrogen-bond acceptors (Lipinski definition) is 7. The maximum Gasteiger partial charge on any atom is 0.260 e. The number of nitrogens with one attached hydrogen (secondary N) is 1. The molecular formula is C12H14N4O5S. The number of rotatable bonds is 3. The number of fused-ring (bicyclic) bond motifs is 1. The smallest absolute Gasteiger partial charge is 0.260 e. The van der Waals surface area contributed by atoms with E-state index < -0.39 is 36.7 Å². The van der Waals surface area contributed by atoms with Crippen LogP contribution >= 0.6 is 12.2 Å². The normalized spacial score (nSPS) is 28.3. The monoisotopic (exact) mass is 326 g/mol. The van der Waals surface area contributed by atoms with E-state index in [0.717, 1.165) is 0 Å². The fourth-order valence-corrected chi connectivity index (χ4v) is 2.74. The Labute approximate surface area is 129 Å².